The van der Waals surface area contributed by atoms with Crippen LogP contribution in [0.25, 0.3) is 0 Å². The first kappa shape index (κ1) is 15.1. The zero-order chi connectivity index (χ0) is 15.2. The highest BCUT2D eigenvalue weighted by molar-refractivity contribution is 5.91. The van der Waals surface area contributed by atoms with E-state index in [4.69, 9.17) is 9.84 Å². The van der Waals surface area contributed by atoms with Crippen LogP contribution in [-0.4, -0.2) is 17.6 Å². The predicted molar refractivity (Wildman–Crippen MR) is 82.4 cm³/mol. The number of carbonyl (C=O) groups is 1. The van der Waals surface area contributed by atoms with E-state index in [2.05, 4.69) is 11.4 Å². The number of hydrogen-bond acceptors (Lipinski definition) is 3. The number of aryl methyl sites for hydroxylation is 2. The first-order chi connectivity index (χ1) is 10.1. The van der Waals surface area contributed by atoms with Crippen LogP contribution in [0.15, 0.2) is 42.5 Å². The third-order valence-electron chi connectivity index (χ3n) is 2.99. The van der Waals surface area contributed by atoms with E-state index in [0.717, 1.165) is 16.7 Å². The molecule has 0 aliphatic heterocycles. The molecule has 110 valence electrons. The minimum absolute atomic E-state index is 0.00987. The summed E-state index contributed by atoms with van der Waals surface area (Å²) in [7, 11) is 0. The first-order valence-corrected chi connectivity index (χ1v) is 6.77. The SMILES string of the molecule is Cc1cc(C)cc(OCC(=O)Nc2ccc(CO)cc2)c1. The molecule has 0 aliphatic rings. The van der Waals surface area contributed by atoms with Crippen LogP contribution in [0.5, 0.6) is 5.75 Å². The van der Waals surface area contributed by atoms with Gasteiger partial charge in [-0.25, -0.2) is 0 Å². The van der Waals surface area contributed by atoms with E-state index in [1.807, 2.05) is 26.0 Å². The van der Waals surface area contributed by atoms with E-state index in [9.17, 15) is 4.79 Å². The van der Waals surface area contributed by atoms with Gasteiger partial charge in [-0.2, -0.15) is 0 Å². The van der Waals surface area contributed by atoms with Gasteiger partial charge >= 0.3 is 0 Å². The van der Waals surface area contributed by atoms with Crippen LogP contribution in [0, 0.1) is 13.8 Å². The molecule has 4 nitrogen and oxygen atoms in total. The second-order valence-electron chi connectivity index (χ2n) is 5.02. The lowest BCUT2D eigenvalue weighted by molar-refractivity contribution is -0.118. The van der Waals surface area contributed by atoms with Crippen molar-refractivity contribution >= 4 is 11.6 Å². The highest BCUT2D eigenvalue weighted by atomic mass is 16.5. The van der Waals surface area contributed by atoms with E-state index in [-0.39, 0.29) is 19.1 Å². The number of ether oxygens (including phenoxy) is 1. The van der Waals surface area contributed by atoms with Gasteiger partial charge in [-0.1, -0.05) is 18.2 Å². The second-order valence-corrected chi connectivity index (χ2v) is 5.02. The van der Waals surface area contributed by atoms with Crippen LogP contribution >= 0.6 is 0 Å². The minimum Gasteiger partial charge on any atom is -0.484 e. The van der Waals surface area contributed by atoms with E-state index in [1.165, 1.54) is 0 Å². The molecule has 21 heavy (non-hydrogen) atoms. The first-order valence-electron chi connectivity index (χ1n) is 6.77. The Hall–Kier alpha value is -2.33. The van der Waals surface area contributed by atoms with E-state index in [1.54, 1.807) is 24.3 Å². The van der Waals surface area contributed by atoms with Crippen molar-refractivity contribution in [2.24, 2.45) is 0 Å². The lowest BCUT2D eigenvalue weighted by Crippen LogP contribution is -2.20. The number of benzene rings is 2. The maximum atomic E-state index is 11.8. The molecule has 0 aromatic heterocycles. The molecule has 0 aliphatic carbocycles. The Bertz CT molecular complexity index is 600. The molecule has 0 atom stereocenters. The predicted octanol–water partition coefficient (Wildman–Crippen LogP) is 2.81. The van der Waals surface area contributed by atoms with Crippen LogP contribution in [-0.2, 0) is 11.4 Å². The Morgan fingerprint density at radius 2 is 1.71 bits per heavy atom. The Morgan fingerprint density at radius 3 is 2.29 bits per heavy atom. The molecular formula is C17H19NO3. The normalized spacial score (nSPS) is 10.2. The van der Waals surface area contributed by atoms with Gasteiger partial charge in [0.2, 0.25) is 0 Å². The zero-order valence-electron chi connectivity index (χ0n) is 12.2. The van der Waals surface area contributed by atoms with Gasteiger partial charge in [-0.15, -0.1) is 0 Å². The molecule has 2 rings (SSSR count). The average molecular weight is 285 g/mol. The van der Waals surface area contributed by atoms with Crippen molar-refractivity contribution in [3.63, 3.8) is 0 Å². The van der Waals surface area contributed by atoms with Crippen LogP contribution in [0.3, 0.4) is 0 Å². The fraction of sp³-hybridized carbons (Fsp3) is 0.235. The molecule has 0 fully saturated rings. The number of hydrogen-bond donors (Lipinski definition) is 2. The van der Waals surface area contributed by atoms with Crippen LogP contribution in [0.1, 0.15) is 16.7 Å². The molecule has 0 spiro atoms. The van der Waals surface area contributed by atoms with Crippen LogP contribution in [0.4, 0.5) is 5.69 Å². The summed E-state index contributed by atoms with van der Waals surface area (Å²) >= 11 is 0. The maximum Gasteiger partial charge on any atom is 0.262 e. The molecule has 0 radical (unpaired) electrons. The van der Waals surface area contributed by atoms with Gasteiger partial charge in [0.15, 0.2) is 6.61 Å². The van der Waals surface area contributed by atoms with E-state index < -0.39 is 0 Å². The molecule has 0 heterocycles. The molecular weight excluding hydrogens is 266 g/mol. The number of rotatable bonds is 5. The summed E-state index contributed by atoms with van der Waals surface area (Å²) in [6.07, 6.45) is 0. The smallest absolute Gasteiger partial charge is 0.262 e. The zero-order valence-corrected chi connectivity index (χ0v) is 12.2. The number of aliphatic hydroxyl groups is 1. The molecule has 0 bridgehead atoms. The fourth-order valence-corrected chi connectivity index (χ4v) is 2.06. The topological polar surface area (TPSA) is 58.6 Å². The third-order valence-corrected chi connectivity index (χ3v) is 2.99. The summed E-state index contributed by atoms with van der Waals surface area (Å²) in [4.78, 5) is 11.8. The van der Waals surface area contributed by atoms with Crippen molar-refractivity contribution in [2.75, 3.05) is 11.9 Å². The van der Waals surface area contributed by atoms with Gasteiger partial charge in [-0.05, 0) is 54.8 Å². The maximum absolute atomic E-state index is 11.8. The quantitative estimate of drug-likeness (QED) is 0.888. The highest BCUT2D eigenvalue weighted by Crippen LogP contribution is 2.16. The van der Waals surface area contributed by atoms with Crippen molar-refractivity contribution in [1.82, 2.24) is 0 Å². The van der Waals surface area contributed by atoms with Crippen molar-refractivity contribution in [1.29, 1.82) is 0 Å². The summed E-state index contributed by atoms with van der Waals surface area (Å²) in [5.74, 6) is 0.476. The van der Waals surface area contributed by atoms with E-state index >= 15 is 0 Å². The van der Waals surface area contributed by atoms with Crippen molar-refractivity contribution in [3.05, 3.63) is 59.2 Å². The lowest BCUT2D eigenvalue weighted by Gasteiger charge is -2.09. The fourth-order valence-electron chi connectivity index (χ4n) is 2.06. The molecule has 4 heteroatoms. The number of aliphatic hydroxyl groups excluding tert-OH is 1. The average Bonchev–Trinajstić information content (AvgIpc) is 2.45. The summed E-state index contributed by atoms with van der Waals surface area (Å²) < 4.78 is 5.49. The van der Waals surface area contributed by atoms with Crippen LogP contribution in [0.2, 0.25) is 0 Å². The van der Waals surface area contributed by atoms with Gasteiger partial charge in [0.1, 0.15) is 5.75 Å². The minimum atomic E-state index is -0.217. The number of anilines is 1. The Morgan fingerprint density at radius 1 is 1.10 bits per heavy atom. The number of amides is 1. The third kappa shape index (κ3) is 4.61. The number of nitrogens with one attached hydrogen (secondary N) is 1. The molecule has 0 saturated carbocycles. The summed E-state index contributed by atoms with van der Waals surface area (Å²) in [5.41, 5.74) is 3.69. The molecule has 0 unspecified atom stereocenters. The van der Waals surface area contributed by atoms with Gasteiger partial charge < -0.3 is 15.2 Å². The van der Waals surface area contributed by atoms with Crippen molar-refractivity contribution < 1.29 is 14.6 Å². The second kappa shape index (κ2) is 6.90. The Kier molecular flexibility index (Phi) is 4.95. The standard InChI is InChI=1S/C17H19NO3/c1-12-7-13(2)9-16(8-12)21-11-17(20)18-15-5-3-14(10-19)4-6-15/h3-9,19H,10-11H2,1-2H3,(H,18,20). The van der Waals surface area contributed by atoms with Crippen LogP contribution < -0.4 is 10.1 Å². The molecule has 1 amide bonds. The molecule has 2 N–H and O–H groups in total. The lowest BCUT2D eigenvalue weighted by atomic mass is 10.1. The number of carbonyl (C=O) groups excluding carboxylic acids is 1. The molecule has 2 aromatic carbocycles. The highest BCUT2D eigenvalue weighted by Gasteiger charge is 2.04. The van der Waals surface area contributed by atoms with Gasteiger partial charge in [-0.3, -0.25) is 4.79 Å². The largest absolute Gasteiger partial charge is 0.484 e. The van der Waals surface area contributed by atoms with E-state index in [0.29, 0.717) is 11.4 Å². The van der Waals surface area contributed by atoms with Gasteiger partial charge in [0.05, 0.1) is 6.61 Å². The molecule has 0 saturated heterocycles. The summed E-state index contributed by atoms with van der Waals surface area (Å²) in [5, 5.41) is 11.7. The molecule has 2 aromatic rings. The van der Waals surface area contributed by atoms with Gasteiger partial charge in [0.25, 0.3) is 5.91 Å². The van der Waals surface area contributed by atoms with Crippen molar-refractivity contribution in [2.45, 2.75) is 20.5 Å². The summed E-state index contributed by atoms with van der Waals surface area (Å²) in [6, 6.07) is 12.9. The monoisotopic (exact) mass is 285 g/mol. The Labute approximate surface area is 124 Å². The Balaban J connectivity index is 1.89. The van der Waals surface area contributed by atoms with Crippen molar-refractivity contribution in [3.8, 4) is 5.75 Å². The van der Waals surface area contributed by atoms with Gasteiger partial charge in [0, 0.05) is 5.69 Å². The summed E-state index contributed by atoms with van der Waals surface area (Å²) in [6.45, 7) is 3.93.